The summed E-state index contributed by atoms with van der Waals surface area (Å²) >= 11 is 1.52. The summed E-state index contributed by atoms with van der Waals surface area (Å²) in [5, 5.41) is 1.92. The van der Waals surface area contributed by atoms with E-state index in [1.54, 1.807) is 44.4 Å². The van der Waals surface area contributed by atoms with Crippen molar-refractivity contribution in [2.24, 2.45) is 0 Å². The van der Waals surface area contributed by atoms with E-state index >= 15 is 0 Å². The fourth-order valence-corrected chi connectivity index (χ4v) is 2.43. The zero-order valence-corrected chi connectivity index (χ0v) is 13.2. The van der Waals surface area contributed by atoms with E-state index in [-0.39, 0.29) is 5.91 Å². The first kappa shape index (κ1) is 16.0. The maximum atomic E-state index is 12.2. The van der Waals surface area contributed by atoms with Crippen molar-refractivity contribution in [1.82, 2.24) is 4.90 Å². The van der Waals surface area contributed by atoms with Gasteiger partial charge in [-0.25, -0.2) is 4.79 Å². The first-order valence-corrected chi connectivity index (χ1v) is 7.64. The molecule has 0 saturated heterocycles. The van der Waals surface area contributed by atoms with Crippen LogP contribution in [-0.2, 0) is 14.3 Å². The Kier molecular flexibility index (Phi) is 5.49. The number of rotatable bonds is 5. The van der Waals surface area contributed by atoms with Crippen molar-refractivity contribution in [1.29, 1.82) is 0 Å². The maximum Gasteiger partial charge on any atom is 0.331 e. The highest BCUT2D eigenvalue weighted by atomic mass is 32.1. The van der Waals surface area contributed by atoms with Crippen LogP contribution in [0.25, 0.3) is 6.08 Å². The molecule has 0 saturated carbocycles. The summed E-state index contributed by atoms with van der Waals surface area (Å²) in [6, 6.07) is 12.8. The highest BCUT2D eigenvalue weighted by Gasteiger charge is 2.25. The molecule has 1 amide bonds. The number of hydrogen-bond acceptors (Lipinski definition) is 4. The third-order valence-corrected chi connectivity index (χ3v) is 3.77. The van der Waals surface area contributed by atoms with Gasteiger partial charge in [0, 0.05) is 30.6 Å². The molecule has 1 aromatic heterocycles. The van der Waals surface area contributed by atoms with Crippen molar-refractivity contribution in [3.8, 4) is 0 Å². The second-order valence-corrected chi connectivity index (χ2v) is 5.79. The van der Waals surface area contributed by atoms with Gasteiger partial charge in [0.05, 0.1) is 0 Å². The molecule has 22 heavy (non-hydrogen) atoms. The van der Waals surface area contributed by atoms with Crippen molar-refractivity contribution in [3.63, 3.8) is 0 Å². The standard InChI is InChI=1S/C17H17NO3S/c1-18(2)17(20)16(13-7-4-3-5-8-13)21-15(19)11-10-14-9-6-12-22-14/h3-12,16H,1-2H3/b11-10+/t16-/m1/s1. The molecule has 2 rings (SSSR count). The Labute approximate surface area is 133 Å². The second-order valence-electron chi connectivity index (χ2n) is 4.81. The van der Waals surface area contributed by atoms with Gasteiger partial charge in [0.25, 0.3) is 5.91 Å². The molecule has 0 N–H and O–H groups in total. The molecule has 114 valence electrons. The highest BCUT2D eigenvalue weighted by molar-refractivity contribution is 7.10. The molecule has 1 heterocycles. The second kappa shape index (κ2) is 7.56. The fraction of sp³-hybridized carbons (Fsp3) is 0.176. The van der Waals surface area contributed by atoms with Crippen LogP contribution in [0.2, 0.25) is 0 Å². The first-order chi connectivity index (χ1) is 10.6. The first-order valence-electron chi connectivity index (χ1n) is 6.76. The summed E-state index contributed by atoms with van der Waals surface area (Å²) in [7, 11) is 3.27. The number of ether oxygens (including phenoxy) is 1. The molecule has 0 aliphatic heterocycles. The summed E-state index contributed by atoms with van der Waals surface area (Å²) in [5.41, 5.74) is 0.652. The minimum atomic E-state index is -0.934. The Bertz CT molecular complexity index is 648. The lowest BCUT2D eigenvalue weighted by atomic mass is 10.1. The van der Waals surface area contributed by atoms with E-state index in [1.165, 1.54) is 22.3 Å². The smallest absolute Gasteiger partial charge is 0.331 e. The molecule has 0 fully saturated rings. The van der Waals surface area contributed by atoms with Gasteiger partial charge in [0.2, 0.25) is 6.10 Å². The van der Waals surface area contributed by atoms with Gasteiger partial charge in [0.1, 0.15) is 0 Å². The minimum Gasteiger partial charge on any atom is -0.444 e. The third kappa shape index (κ3) is 4.30. The lowest BCUT2D eigenvalue weighted by Gasteiger charge is -2.20. The quantitative estimate of drug-likeness (QED) is 0.629. The average Bonchev–Trinajstić information content (AvgIpc) is 3.04. The van der Waals surface area contributed by atoms with Crippen molar-refractivity contribution in [3.05, 3.63) is 64.4 Å². The fourth-order valence-electron chi connectivity index (χ4n) is 1.82. The Morgan fingerprint density at radius 3 is 2.45 bits per heavy atom. The van der Waals surface area contributed by atoms with Gasteiger partial charge in [-0.1, -0.05) is 36.4 Å². The molecule has 0 unspecified atom stereocenters. The molecule has 5 heteroatoms. The van der Waals surface area contributed by atoms with Crippen molar-refractivity contribution in [2.75, 3.05) is 14.1 Å². The number of nitrogens with zero attached hydrogens (tertiary/aromatic N) is 1. The molecular formula is C17H17NO3S. The normalized spacial score (nSPS) is 12.1. The van der Waals surface area contributed by atoms with Gasteiger partial charge in [-0.05, 0) is 17.5 Å². The lowest BCUT2D eigenvalue weighted by Crippen LogP contribution is -2.30. The number of likely N-dealkylation sites (N-methyl/N-ethyl adjacent to an activating group) is 1. The van der Waals surface area contributed by atoms with Gasteiger partial charge in [-0.3, -0.25) is 4.79 Å². The van der Waals surface area contributed by atoms with Gasteiger partial charge >= 0.3 is 5.97 Å². The highest BCUT2D eigenvalue weighted by Crippen LogP contribution is 2.20. The van der Waals surface area contributed by atoms with Gasteiger partial charge in [-0.15, -0.1) is 11.3 Å². The Balaban J connectivity index is 2.13. The van der Waals surface area contributed by atoms with Crippen molar-refractivity contribution < 1.29 is 14.3 Å². The monoisotopic (exact) mass is 315 g/mol. The molecule has 0 radical (unpaired) electrons. The molecule has 0 aliphatic carbocycles. The number of hydrogen-bond donors (Lipinski definition) is 0. The van der Waals surface area contributed by atoms with E-state index in [2.05, 4.69) is 0 Å². The molecule has 1 atom stereocenters. The summed E-state index contributed by atoms with van der Waals surface area (Å²) in [5.74, 6) is -0.818. The Hall–Kier alpha value is -2.40. The third-order valence-electron chi connectivity index (χ3n) is 2.93. The van der Waals surface area contributed by atoms with Crippen molar-refractivity contribution >= 4 is 29.3 Å². The van der Waals surface area contributed by atoms with Gasteiger partial charge in [0.15, 0.2) is 0 Å². The van der Waals surface area contributed by atoms with Crippen LogP contribution >= 0.6 is 11.3 Å². The van der Waals surface area contributed by atoms with Crippen LogP contribution < -0.4 is 0 Å². The van der Waals surface area contributed by atoms with Gasteiger partial charge in [-0.2, -0.15) is 0 Å². The van der Waals surface area contributed by atoms with E-state index in [9.17, 15) is 9.59 Å². The average molecular weight is 315 g/mol. The van der Waals surface area contributed by atoms with E-state index in [1.807, 2.05) is 23.6 Å². The van der Waals surface area contributed by atoms with Crippen LogP contribution in [0.1, 0.15) is 16.5 Å². The summed E-state index contributed by atoms with van der Waals surface area (Å²) in [4.78, 5) is 26.6. The van der Waals surface area contributed by atoms with Crippen molar-refractivity contribution in [2.45, 2.75) is 6.10 Å². The number of carbonyl (C=O) groups is 2. The van der Waals surface area contributed by atoms with Crippen LogP contribution in [0.4, 0.5) is 0 Å². The van der Waals surface area contributed by atoms with Crippen LogP contribution in [0, 0.1) is 0 Å². The largest absolute Gasteiger partial charge is 0.444 e. The molecule has 1 aromatic carbocycles. The number of thiophene rings is 1. The molecule has 0 bridgehead atoms. The molecular weight excluding hydrogens is 298 g/mol. The Morgan fingerprint density at radius 2 is 1.86 bits per heavy atom. The topological polar surface area (TPSA) is 46.6 Å². The van der Waals surface area contributed by atoms with Crippen LogP contribution in [0.3, 0.4) is 0 Å². The number of amides is 1. The number of esters is 1. The predicted octanol–water partition coefficient (Wildman–Crippen LogP) is 3.13. The predicted molar refractivity (Wildman–Crippen MR) is 87.3 cm³/mol. The molecule has 0 spiro atoms. The SMILES string of the molecule is CN(C)C(=O)[C@H](OC(=O)/C=C/c1cccs1)c1ccccc1. The zero-order valence-electron chi connectivity index (χ0n) is 12.4. The lowest BCUT2D eigenvalue weighted by molar-refractivity contribution is -0.155. The minimum absolute atomic E-state index is 0.274. The summed E-state index contributed by atoms with van der Waals surface area (Å²) < 4.78 is 5.35. The van der Waals surface area contributed by atoms with Crippen LogP contribution in [0.15, 0.2) is 53.9 Å². The van der Waals surface area contributed by atoms with E-state index in [0.29, 0.717) is 5.56 Å². The summed E-state index contributed by atoms with van der Waals surface area (Å²) in [6.07, 6.45) is 2.08. The van der Waals surface area contributed by atoms with Crippen LogP contribution in [0.5, 0.6) is 0 Å². The molecule has 2 aromatic rings. The molecule has 4 nitrogen and oxygen atoms in total. The Morgan fingerprint density at radius 1 is 1.14 bits per heavy atom. The van der Waals surface area contributed by atoms with E-state index in [0.717, 1.165) is 4.88 Å². The zero-order chi connectivity index (χ0) is 15.9. The van der Waals surface area contributed by atoms with Crippen LogP contribution in [-0.4, -0.2) is 30.9 Å². The number of benzene rings is 1. The number of carbonyl (C=O) groups excluding carboxylic acids is 2. The van der Waals surface area contributed by atoms with E-state index in [4.69, 9.17) is 4.74 Å². The maximum absolute atomic E-state index is 12.2. The summed E-state index contributed by atoms with van der Waals surface area (Å²) in [6.45, 7) is 0. The van der Waals surface area contributed by atoms with E-state index < -0.39 is 12.1 Å². The molecule has 0 aliphatic rings. The van der Waals surface area contributed by atoms with Gasteiger partial charge < -0.3 is 9.64 Å².